The van der Waals surface area contributed by atoms with Crippen LogP contribution in [0.2, 0.25) is 0 Å². The van der Waals surface area contributed by atoms with E-state index >= 15 is 0 Å². The summed E-state index contributed by atoms with van der Waals surface area (Å²) in [5, 5.41) is 0. The van der Waals surface area contributed by atoms with E-state index in [0.29, 0.717) is 37.6 Å². The van der Waals surface area contributed by atoms with Crippen molar-refractivity contribution in [2.45, 2.75) is 4.90 Å². The number of nitrogens with zero attached hydrogens (tertiary/aromatic N) is 1. The summed E-state index contributed by atoms with van der Waals surface area (Å²) in [5.41, 5.74) is 0.955. The first-order chi connectivity index (χ1) is 10.4. The number of hydrogen-bond acceptors (Lipinski definition) is 6. The van der Waals surface area contributed by atoms with Crippen molar-refractivity contribution >= 4 is 27.4 Å². The number of carbonyl (C=O) groups is 2. The fraction of sp³-hybridized carbons (Fsp3) is 0.286. The van der Waals surface area contributed by atoms with Gasteiger partial charge in [0.05, 0.1) is 18.1 Å². The van der Waals surface area contributed by atoms with Crippen molar-refractivity contribution in [1.29, 1.82) is 0 Å². The number of morpholine rings is 1. The highest BCUT2D eigenvalue weighted by Crippen LogP contribution is 2.30. The zero-order chi connectivity index (χ0) is 15.9. The Labute approximate surface area is 126 Å². The van der Waals surface area contributed by atoms with Crippen molar-refractivity contribution in [3.63, 3.8) is 0 Å². The Hall–Kier alpha value is -2.03. The first-order valence-electron chi connectivity index (χ1n) is 6.63. The van der Waals surface area contributed by atoms with Crippen LogP contribution in [0.25, 0.3) is 5.70 Å². The number of hydrogen-bond donors (Lipinski definition) is 1. The summed E-state index contributed by atoms with van der Waals surface area (Å²) in [7, 11) is -4.39. The fourth-order valence-electron chi connectivity index (χ4n) is 2.56. The topological polar surface area (TPSA) is 101 Å². The SMILES string of the molecule is O=C1C=C(N2CCOCC2)c2cc(S(=O)(=O)O)ccc2C1=O. The van der Waals surface area contributed by atoms with Crippen LogP contribution in [0.15, 0.2) is 29.2 Å². The molecular weight excluding hydrogens is 310 g/mol. The number of ketones is 2. The monoisotopic (exact) mass is 323 g/mol. The molecule has 0 spiro atoms. The molecule has 1 N–H and O–H groups in total. The molecule has 0 amide bonds. The van der Waals surface area contributed by atoms with Crippen LogP contribution in [0.5, 0.6) is 0 Å². The molecule has 1 fully saturated rings. The first-order valence-corrected chi connectivity index (χ1v) is 8.07. The molecule has 0 aromatic heterocycles. The highest BCUT2D eigenvalue weighted by molar-refractivity contribution is 7.85. The highest BCUT2D eigenvalue weighted by atomic mass is 32.2. The summed E-state index contributed by atoms with van der Waals surface area (Å²) in [4.78, 5) is 25.3. The van der Waals surface area contributed by atoms with Crippen LogP contribution < -0.4 is 0 Å². The van der Waals surface area contributed by atoms with E-state index in [0.717, 1.165) is 6.07 Å². The van der Waals surface area contributed by atoms with Gasteiger partial charge in [-0.2, -0.15) is 8.42 Å². The van der Waals surface area contributed by atoms with E-state index < -0.39 is 21.7 Å². The molecule has 0 bridgehead atoms. The summed E-state index contributed by atoms with van der Waals surface area (Å²) < 4.78 is 37.0. The number of rotatable bonds is 2. The Morgan fingerprint density at radius 2 is 1.77 bits per heavy atom. The third-order valence-corrected chi connectivity index (χ3v) is 4.50. The normalized spacial score (nSPS) is 19.0. The molecule has 1 aliphatic heterocycles. The molecule has 0 unspecified atom stereocenters. The molecule has 116 valence electrons. The van der Waals surface area contributed by atoms with Crippen molar-refractivity contribution in [3.8, 4) is 0 Å². The van der Waals surface area contributed by atoms with Gasteiger partial charge < -0.3 is 9.64 Å². The molecule has 0 radical (unpaired) electrons. The molecule has 7 nitrogen and oxygen atoms in total. The first kappa shape index (κ1) is 14.9. The van der Waals surface area contributed by atoms with Gasteiger partial charge in [0.2, 0.25) is 11.6 Å². The van der Waals surface area contributed by atoms with Crippen LogP contribution in [0.3, 0.4) is 0 Å². The molecule has 1 aromatic carbocycles. The summed E-state index contributed by atoms with van der Waals surface area (Å²) in [6, 6.07) is 3.59. The fourth-order valence-corrected chi connectivity index (χ4v) is 3.07. The number of carbonyl (C=O) groups excluding carboxylic acids is 2. The van der Waals surface area contributed by atoms with E-state index in [-0.39, 0.29) is 10.5 Å². The summed E-state index contributed by atoms with van der Waals surface area (Å²) in [6.45, 7) is 2.02. The van der Waals surface area contributed by atoms with E-state index in [4.69, 9.17) is 4.74 Å². The van der Waals surface area contributed by atoms with Gasteiger partial charge in [-0.15, -0.1) is 0 Å². The highest BCUT2D eigenvalue weighted by Gasteiger charge is 2.30. The van der Waals surface area contributed by atoms with Crippen LogP contribution in [-0.2, 0) is 19.6 Å². The van der Waals surface area contributed by atoms with Crippen LogP contribution in [-0.4, -0.2) is 55.7 Å². The lowest BCUT2D eigenvalue weighted by Crippen LogP contribution is -2.37. The summed E-state index contributed by atoms with van der Waals surface area (Å²) in [5.74, 6) is -1.33. The lowest BCUT2D eigenvalue weighted by Gasteiger charge is -2.33. The third kappa shape index (κ3) is 2.56. The van der Waals surface area contributed by atoms with Crippen LogP contribution in [0.1, 0.15) is 15.9 Å². The third-order valence-electron chi connectivity index (χ3n) is 3.65. The average Bonchev–Trinajstić information content (AvgIpc) is 2.50. The minimum atomic E-state index is -4.39. The number of Topliss-reactive ketones (excluding diaryl/α,β-unsaturated/α-hetero) is 1. The Morgan fingerprint density at radius 1 is 1.09 bits per heavy atom. The number of ether oxygens (including phenoxy) is 1. The molecule has 1 heterocycles. The Kier molecular flexibility index (Phi) is 3.59. The number of benzene rings is 1. The molecule has 8 heteroatoms. The molecular formula is C14H13NO6S. The van der Waals surface area contributed by atoms with E-state index in [9.17, 15) is 22.6 Å². The predicted molar refractivity (Wildman–Crippen MR) is 76.0 cm³/mol. The molecule has 0 atom stereocenters. The average molecular weight is 323 g/mol. The van der Waals surface area contributed by atoms with Gasteiger partial charge in [0.1, 0.15) is 0 Å². The summed E-state index contributed by atoms with van der Waals surface area (Å²) in [6.07, 6.45) is 1.21. The molecule has 1 aromatic rings. The predicted octanol–water partition coefficient (Wildman–Crippen LogP) is 0.372. The molecule has 3 rings (SSSR count). The summed E-state index contributed by atoms with van der Waals surface area (Å²) >= 11 is 0. The quantitative estimate of drug-likeness (QED) is 0.620. The standard InChI is InChI=1S/C14H13NO6S/c16-13-8-12(15-3-5-21-6-4-15)11-7-9(22(18,19)20)1-2-10(11)14(13)17/h1-2,7-8H,3-6H2,(H,18,19,20). The molecule has 1 saturated heterocycles. The lowest BCUT2D eigenvalue weighted by atomic mass is 9.92. The maximum Gasteiger partial charge on any atom is 0.294 e. The van der Waals surface area contributed by atoms with E-state index in [1.165, 1.54) is 18.2 Å². The van der Waals surface area contributed by atoms with Gasteiger partial charge in [0.15, 0.2) is 0 Å². The molecule has 1 aliphatic carbocycles. The lowest BCUT2D eigenvalue weighted by molar-refractivity contribution is -0.111. The van der Waals surface area contributed by atoms with Crippen LogP contribution in [0, 0.1) is 0 Å². The van der Waals surface area contributed by atoms with Gasteiger partial charge in [0, 0.05) is 36.0 Å². The maximum atomic E-state index is 12.0. The van der Waals surface area contributed by atoms with E-state index in [2.05, 4.69) is 0 Å². The Morgan fingerprint density at radius 3 is 2.41 bits per heavy atom. The minimum Gasteiger partial charge on any atom is -0.378 e. The Balaban J connectivity index is 2.14. The van der Waals surface area contributed by atoms with Crippen molar-refractivity contribution in [1.82, 2.24) is 4.90 Å². The number of fused-ring (bicyclic) bond motifs is 1. The second-order valence-corrected chi connectivity index (χ2v) is 6.43. The molecule has 0 saturated carbocycles. The smallest absolute Gasteiger partial charge is 0.294 e. The second kappa shape index (κ2) is 5.31. The maximum absolute atomic E-state index is 12.0. The Bertz CT molecular complexity index is 790. The van der Waals surface area contributed by atoms with Gasteiger partial charge in [-0.05, 0) is 18.2 Å². The molecule has 2 aliphatic rings. The zero-order valence-corrected chi connectivity index (χ0v) is 12.3. The second-order valence-electron chi connectivity index (χ2n) is 5.00. The van der Waals surface area contributed by atoms with Crippen LogP contribution in [0.4, 0.5) is 0 Å². The van der Waals surface area contributed by atoms with Gasteiger partial charge >= 0.3 is 0 Å². The zero-order valence-electron chi connectivity index (χ0n) is 11.5. The van der Waals surface area contributed by atoms with E-state index in [1.807, 2.05) is 4.90 Å². The van der Waals surface area contributed by atoms with Crippen molar-refractivity contribution < 1.29 is 27.3 Å². The van der Waals surface area contributed by atoms with Crippen molar-refractivity contribution in [2.75, 3.05) is 26.3 Å². The van der Waals surface area contributed by atoms with Gasteiger partial charge in [-0.1, -0.05) is 0 Å². The largest absolute Gasteiger partial charge is 0.378 e. The van der Waals surface area contributed by atoms with Gasteiger partial charge in [-0.25, -0.2) is 0 Å². The van der Waals surface area contributed by atoms with Gasteiger partial charge in [-0.3, -0.25) is 14.1 Å². The van der Waals surface area contributed by atoms with Crippen molar-refractivity contribution in [3.05, 3.63) is 35.4 Å². The molecule has 22 heavy (non-hydrogen) atoms. The van der Waals surface area contributed by atoms with E-state index in [1.54, 1.807) is 0 Å². The minimum absolute atomic E-state index is 0.140. The van der Waals surface area contributed by atoms with Crippen molar-refractivity contribution in [2.24, 2.45) is 0 Å². The van der Waals surface area contributed by atoms with Crippen LogP contribution >= 0.6 is 0 Å². The van der Waals surface area contributed by atoms with Gasteiger partial charge in [0.25, 0.3) is 10.1 Å². The number of allylic oxidation sites excluding steroid dienone is 1.